The molecular weight excluding hydrogens is 262 g/mol. The molecule has 0 bridgehead atoms. The second kappa shape index (κ2) is 5.40. The molecule has 2 N–H and O–H groups in total. The summed E-state index contributed by atoms with van der Waals surface area (Å²) in [5.41, 5.74) is 9.03. The number of guanidine groups is 1. The lowest BCUT2D eigenvalue weighted by molar-refractivity contribution is 0.103. The average molecular weight is 278 g/mol. The molecular formula is C17H16N3O. The molecule has 3 rings (SSSR count). The van der Waals surface area contributed by atoms with Gasteiger partial charge in [-0.2, -0.15) is 0 Å². The largest absolute Gasteiger partial charge is 0.369 e. The maximum absolute atomic E-state index is 12.5. The number of benzene rings is 2. The Bertz CT molecular complexity index is 707. The topological polar surface area (TPSA) is 58.7 Å². The molecule has 0 amide bonds. The van der Waals surface area contributed by atoms with Crippen LogP contribution in [0.4, 0.5) is 5.69 Å². The summed E-state index contributed by atoms with van der Waals surface area (Å²) in [4.78, 5) is 18.7. The van der Waals surface area contributed by atoms with Crippen molar-refractivity contribution in [1.82, 2.24) is 4.90 Å². The zero-order chi connectivity index (χ0) is 14.8. The minimum Gasteiger partial charge on any atom is -0.369 e. The molecule has 4 nitrogen and oxygen atoms in total. The summed E-state index contributed by atoms with van der Waals surface area (Å²) in [7, 11) is 0. The summed E-state index contributed by atoms with van der Waals surface area (Å²) < 4.78 is 0. The quantitative estimate of drug-likeness (QED) is 0.878. The molecule has 4 heteroatoms. The van der Waals surface area contributed by atoms with Crippen LogP contribution in [0, 0.1) is 6.92 Å². The maximum Gasteiger partial charge on any atom is 0.196 e. The van der Waals surface area contributed by atoms with E-state index in [1.54, 1.807) is 6.07 Å². The number of ketones is 1. The first-order chi connectivity index (χ1) is 10.2. The van der Waals surface area contributed by atoms with E-state index in [9.17, 15) is 4.79 Å². The molecule has 0 saturated carbocycles. The summed E-state index contributed by atoms with van der Waals surface area (Å²) in [6.45, 7) is 5.01. The highest BCUT2D eigenvalue weighted by atomic mass is 16.1. The van der Waals surface area contributed by atoms with Gasteiger partial charge in [0.25, 0.3) is 0 Å². The number of rotatable bonds is 3. The zero-order valence-electron chi connectivity index (χ0n) is 11.6. The van der Waals surface area contributed by atoms with Crippen molar-refractivity contribution < 1.29 is 4.79 Å². The first-order valence-electron chi connectivity index (χ1n) is 6.80. The van der Waals surface area contributed by atoms with Crippen LogP contribution in [0.25, 0.3) is 0 Å². The Morgan fingerprint density at radius 3 is 2.67 bits per heavy atom. The van der Waals surface area contributed by atoms with Crippen molar-refractivity contribution in [1.29, 1.82) is 0 Å². The highest BCUT2D eigenvalue weighted by molar-refractivity contribution is 6.09. The third kappa shape index (κ3) is 2.52. The highest BCUT2D eigenvalue weighted by Gasteiger charge is 2.18. The van der Waals surface area contributed by atoms with Crippen LogP contribution in [0.15, 0.2) is 53.5 Å². The molecule has 1 heterocycles. The number of hydrogen-bond donors (Lipinski definition) is 1. The third-order valence-corrected chi connectivity index (χ3v) is 3.57. The van der Waals surface area contributed by atoms with Crippen molar-refractivity contribution in [3.05, 3.63) is 72.1 Å². The lowest BCUT2D eigenvalue weighted by Gasteiger charge is -2.27. The first kappa shape index (κ1) is 13.4. The van der Waals surface area contributed by atoms with Crippen LogP contribution in [-0.2, 0) is 6.54 Å². The van der Waals surface area contributed by atoms with Crippen LogP contribution in [0.3, 0.4) is 0 Å². The molecule has 0 aliphatic carbocycles. The zero-order valence-corrected chi connectivity index (χ0v) is 11.6. The van der Waals surface area contributed by atoms with E-state index in [2.05, 4.69) is 11.9 Å². The molecule has 0 spiro atoms. The fourth-order valence-electron chi connectivity index (χ4n) is 2.39. The van der Waals surface area contributed by atoms with Gasteiger partial charge in [-0.3, -0.25) is 4.79 Å². The van der Waals surface area contributed by atoms with E-state index in [1.165, 1.54) is 0 Å². The predicted octanol–water partition coefficient (Wildman–Crippen LogP) is 2.51. The fourth-order valence-corrected chi connectivity index (χ4v) is 2.39. The maximum atomic E-state index is 12.5. The van der Waals surface area contributed by atoms with E-state index in [1.807, 2.05) is 47.4 Å². The van der Waals surface area contributed by atoms with Gasteiger partial charge in [0.2, 0.25) is 0 Å². The van der Waals surface area contributed by atoms with Gasteiger partial charge < -0.3 is 10.6 Å². The molecule has 1 aliphatic heterocycles. The number of fused-ring (bicyclic) bond motifs is 1. The van der Waals surface area contributed by atoms with Crippen molar-refractivity contribution in [2.45, 2.75) is 6.54 Å². The van der Waals surface area contributed by atoms with Crippen molar-refractivity contribution in [3.8, 4) is 0 Å². The fraction of sp³-hybridized carbons (Fsp3) is 0.118. The number of nitrogens with zero attached hydrogens (tertiary/aromatic N) is 2. The number of nitrogens with two attached hydrogens (primary N) is 1. The van der Waals surface area contributed by atoms with Crippen LogP contribution in [0.2, 0.25) is 0 Å². The Morgan fingerprint density at radius 2 is 1.95 bits per heavy atom. The van der Waals surface area contributed by atoms with Gasteiger partial charge in [0, 0.05) is 24.2 Å². The number of aliphatic imine (C=N–C) groups is 1. The molecule has 1 radical (unpaired) electrons. The predicted molar refractivity (Wildman–Crippen MR) is 83.4 cm³/mol. The van der Waals surface area contributed by atoms with Gasteiger partial charge >= 0.3 is 0 Å². The SMILES string of the molecule is [CH2]CN1Cc2cc(C(=O)c3ccccc3)ccc2N=C1N. The minimum atomic E-state index is 0.0158. The molecule has 2 aromatic rings. The van der Waals surface area contributed by atoms with E-state index in [-0.39, 0.29) is 5.78 Å². The van der Waals surface area contributed by atoms with Gasteiger partial charge in [-0.15, -0.1) is 0 Å². The van der Waals surface area contributed by atoms with Gasteiger partial charge in [0.15, 0.2) is 11.7 Å². The van der Waals surface area contributed by atoms with Crippen molar-refractivity contribution >= 4 is 17.4 Å². The molecule has 0 atom stereocenters. The summed E-state index contributed by atoms with van der Waals surface area (Å²) in [6, 6.07) is 14.8. The second-order valence-electron chi connectivity index (χ2n) is 4.93. The number of hydrogen-bond acceptors (Lipinski definition) is 4. The standard InChI is InChI=1S/C17H16N3O/c1-2-20-11-14-10-13(8-9-15(14)19-17(20)18)16(21)12-6-4-3-5-7-12/h3-10H,1-2,11H2,(H2,18,19). The van der Waals surface area contributed by atoms with Crippen LogP contribution in [0.1, 0.15) is 21.5 Å². The first-order valence-corrected chi connectivity index (χ1v) is 6.80. The Kier molecular flexibility index (Phi) is 3.44. The third-order valence-electron chi connectivity index (χ3n) is 3.57. The van der Waals surface area contributed by atoms with Crippen LogP contribution >= 0.6 is 0 Å². The smallest absolute Gasteiger partial charge is 0.196 e. The lowest BCUT2D eigenvalue weighted by Crippen LogP contribution is -2.38. The van der Waals surface area contributed by atoms with Crippen molar-refractivity contribution in [2.24, 2.45) is 10.7 Å². The lowest BCUT2D eigenvalue weighted by atomic mass is 9.99. The normalized spacial score (nSPS) is 13.6. The molecule has 0 unspecified atom stereocenters. The Balaban J connectivity index is 1.96. The van der Waals surface area contributed by atoms with Gasteiger partial charge in [-0.25, -0.2) is 4.99 Å². The Labute approximate surface area is 123 Å². The van der Waals surface area contributed by atoms with Crippen LogP contribution < -0.4 is 5.73 Å². The molecule has 2 aromatic carbocycles. The van der Waals surface area contributed by atoms with Gasteiger partial charge in [-0.05, 0) is 30.7 Å². The van der Waals surface area contributed by atoms with E-state index < -0.39 is 0 Å². The van der Waals surface area contributed by atoms with Crippen molar-refractivity contribution in [3.63, 3.8) is 0 Å². The van der Waals surface area contributed by atoms with Gasteiger partial charge in [-0.1, -0.05) is 30.3 Å². The average Bonchev–Trinajstić information content (AvgIpc) is 2.54. The summed E-state index contributed by atoms with van der Waals surface area (Å²) in [5, 5.41) is 0. The number of carbonyl (C=O) groups excluding carboxylic acids is 1. The second-order valence-corrected chi connectivity index (χ2v) is 4.93. The summed E-state index contributed by atoms with van der Waals surface area (Å²) in [5.74, 6) is 0.488. The summed E-state index contributed by atoms with van der Waals surface area (Å²) in [6.07, 6.45) is 0. The number of carbonyl (C=O) groups is 1. The van der Waals surface area contributed by atoms with E-state index in [0.29, 0.717) is 30.2 Å². The Hall–Kier alpha value is -2.62. The molecule has 0 aromatic heterocycles. The van der Waals surface area contributed by atoms with Crippen LogP contribution in [-0.4, -0.2) is 23.2 Å². The van der Waals surface area contributed by atoms with E-state index >= 15 is 0 Å². The molecule has 21 heavy (non-hydrogen) atoms. The molecule has 105 valence electrons. The van der Waals surface area contributed by atoms with Gasteiger partial charge in [0.05, 0.1) is 5.69 Å². The highest BCUT2D eigenvalue weighted by Crippen LogP contribution is 2.27. The molecule has 1 aliphatic rings. The monoisotopic (exact) mass is 278 g/mol. The molecule has 0 fully saturated rings. The van der Waals surface area contributed by atoms with E-state index in [4.69, 9.17) is 5.73 Å². The summed E-state index contributed by atoms with van der Waals surface area (Å²) >= 11 is 0. The van der Waals surface area contributed by atoms with Gasteiger partial charge in [0.1, 0.15) is 0 Å². The van der Waals surface area contributed by atoms with E-state index in [0.717, 1.165) is 11.3 Å². The van der Waals surface area contributed by atoms with Crippen LogP contribution in [0.5, 0.6) is 0 Å². The van der Waals surface area contributed by atoms with Crippen molar-refractivity contribution in [2.75, 3.05) is 6.54 Å². The Morgan fingerprint density at radius 1 is 1.19 bits per heavy atom. The minimum absolute atomic E-state index is 0.0158. The molecule has 0 saturated heterocycles.